The molecule has 0 radical (unpaired) electrons. The van der Waals surface area contributed by atoms with Gasteiger partial charge in [-0.2, -0.15) is 0 Å². The molecule has 122 valence electrons. The average Bonchev–Trinajstić information content (AvgIpc) is 2.74. The number of carbonyl (C=O) groups excluding carboxylic acids is 2. The molecule has 6 nitrogen and oxygen atoms in total. The van der Waals surface area contributed by atoms with Crippen molar-refractivity contribution in [3.05, 3.63) is 22.4 Å². The zero-order chi connectivity index (χ0) is 16.2. The van der Waals surface area contributed by atoms with E-state index < -0.39 is 5.54 Å². The molecule has 1 aromatic rings. The molecule has 1 saturated carbocycles. The minimum absolute atomic E-state index is 0.150. The maximum Gasteiger partial charge on any atom is 0.329 e. The summed E-state index contributed by atoms with van der Waals surface area (Å²) in [5.41, 5.74) is 0.803. The SMILES string of the molecule is Cc1c(Br)cncc1N1C(=O)NC2(CC3(CCOCC3)C2)C1=O. The molecule has 2 aliphatic heterocycles. The normalized spacial score (nSPS) is 24.9. The molecule has 3 fully saturated rings. The van der Waals surface area contributed by atoms with E-state index in [9.17, 15) is 9.59 Å². The van der Waals surface area contributed by atoms with Crippen molar-refractivity contribution in [3.8, 4) is 0 Å². The first-order valence-corrected chi connectivity index (χ1v) is 8.60. The number of halogens is 1. The number of hydrogen-bond donors (Lipinski definition) is 1. The number of hydrogen-bond acceptors (Lipinski definition) is 4. The molecular weight excluding hydrogens is 362 g/mol. The standard InChI is InChI=1S/C16H18BrN3O3/c1-10-11(17)6-18-7-12(10)20-13(21)16(19-14(20)22)8-15(9-16)2-4-23-5-3-15/h6-7H,2-5,8-9H2,1H3,(H,19,22). The van der Waals surface area contributed by atoms with Crippen molar-refractivity contribution in [3.63, 3.8) is 0 Å². The third kappa shape index (κ3) is 2.13. The first kappa shape index (κ1) is 15.1. The van der Waals surface area contributed by atoms with E-state index in [4.69, 9.17) is 4.74 Å². The monoisotopic (exact) mass is 379 g/mol. The second kappa shape index (κ2) is 5.01. The fourth-order valence-corrected chi connectivity index (χ4v) is 4.50. The molecule has 0 aromatic carbocycles. The first-order valence-electron chi connectivity index (χ1n) is 7.81. The number of anilines is 1. The Balaban J connectivity index is 1.62. The Hall–Kier alpha value is -1.47. The molecule has 2 spiro atoms. The van der Waals surface area contributed by atoms with Gasteiger partial charge in [-0.15, -0.1) is 0 Å². The van der Waals surface area contributed by atoms with Crippen LogP contribution in [0.3, 0.4) is 0 Å². The van der Waals surface area contributed by atoms with E-state index in [1.807, 2.05) is 6.92 Å². The maximum absolute atomic E-state index is 13.0. The van der Waals surface area contributed by atoms with E-state index in [0.29, 0.717) is 18.5 Å². The number of nitrogens with one attached hydrogen (secondary N) is 1. The summed E-state index contributed by atoms with van der Waals surface area (Å²) < 4.78 is 6.21. The molecule has 1 aliphatic carbocycles. The van der Waals surface area contributed by atoms with Gasteiger partial charge < -0.3 is 10.1 Å². The molecule has 1 aromatic heterocycles. The summed E-state index contributed by atoms with van der Waals surface area (Å²) in [6.45, 7) is 3.36. The van der Waals surface area contributed by atoms with Crippen molar-refractivity contribution in [2.75, 3.05) is 18.1 Å². The van der Waals surface area contributed by atoms with Crippen molar-refractivity contribution in [2.24, 2.45) is 5.41 Å². The smallest absolute Gasteiger partial charge is 0.329 e. The van der Waals surface area contributed by atoms with E-state index in [1.54, 1.807) is 12.4 Å². The van der Waals surface area contributed by atoms with E-state index in [-0.39, 0.29) is 17.4 Å². The van der Waals surface area contributed by atoms with Crippen LogP contribution in [0.15, 0.2) is 16.9 Å². The van der Waals surface area contributed by atoms with Gasteiger partial charge in [0, 0.05) is 23.9 Å². The zero-order valence-corrected chi connectivity index (χ0v) is 14.5. The topological polar surface area (TPSA) is 71.5 Å². The highest BCUT2D eigenvalue weighted by Crippen LogP contribution is 2.56. The summed E-state index contributed by atoms with van der Waals surface area (Å²) in [6.07, 6.45) is 6.59. The highest BCUT2D eigenvalue weighted by molar-refractivity contribution is 9.10. The quantitative estimate of drug-likeness (QED) is 0.761. The number of pyridine rings is 1. The van der Waals surface area contributed by atoms with Crippen LogP contribution in [0.5, 0.6) is 0 Å². The van der Waals surface area contributed by atoms with Crippen molar-refractivity contribution in [1.29, 1.82) is 0 Å². The molecule has 23 heavy (non-hydrogen) atoms. The van der Waals surface area contributed by atoms with Gasteiger partial charge in [-0.25, -0.2) is 9.69 Å². The van der Waals surface area contributed by atoms with Crippen LogP contribution in [0.1, 0.15) is 31.2 Å². The predicted molar refractivity (Wildman–Crippen MR) is 87.1 cm³/mol. The van der Waals surface area contributed by atoms with Gasteiger partial charge in [-0.1, -0.05) is 0 Å². The molecule has 3 amide bonds. The Kier molecular flexibility index (Phi) is 3.29. The Morgan fingerprint density at radius 2 is 1.96 bits per heavy atom. The zero-order valence-electron chi connectivity index (χ0n) is 12.9. The molecule has 3 aliphatic rings. The number of ether oxygens (including phenoxy) is 1. The van der Waals surface area contributed by atoms with Crippen molar-refractivity contribution < 1.29 is 14.3 Å². The van der Waals surface area contributed by atoms with Crippen LogP contribution in [-0.4, -0.2) is 35.7 Å². The number of nitrogens with zero attached hydrogens (tertiary/aromatic N) is 2. The Morgan fingerprint density at radius 3 is 2.65 bits per heavy atom. The van der Waals surface area contributed by atoms with E-state index in [1.165, 1.54) is 4.90 Å². The second-order valence-corrected chi connectivity index (χ2v) is 7.74. The molecule has 1 N–H and O–H groups in total. The van der Waals surface area contributed by atoms with Crippen molar-refractivity contribution in [2.45, 2.75) is 38.1 Å². The third-order valence-corrected chi connectivity index (χ3v) is 6.24. The van der Waals surface area contributed by atoms with Crippen LogP contribution in [0, 0.1) is 12.3 Å². The number of urea groups is 1. The molecule has 3 heterocycles. The van der Waals surface area contributed by atoms with Crippen LogP contribution in [0.25, 0.3) is 0 Å². The van der Waals surface area contributed by atoms with Gasteiger partial charge in [-0.05, 0) is 59.5 Å². The lowest BCUT2D eigenvalue weighted by Gasteiger charge is -2.54. The summed E-state index contributed by atoms with van der Waals surface area (Å²) in [6, 6.07) is -0.347. The molecule has 2 saturated heterocycles. The van der Waals surface area contributed by atoms with Crippen LogP contribution >= 0.6 is 15.9 Å². The Labute approximate surface area is 142 Å². The van der Waals surface area contributed by atoms with Crippen LogP contribution in [0.4, 0.5) is 10.5 Å². The van der Waals surface area contributed by atoms with Gasteiger partial charge in [0.15, 0.2) is 0 Å². The number of amides is 3. The highest BCUT2D eigenvalue weighted by Gasteiger charge is 2.64. The maximum atomic E-state index is 13.0. The molecule has 4 rings (SSSR count). The molecular formula is C16H18BrN3O3. The van der Waals surface area contributed by atoms with Gasteiger partial charge in [0.05, 0.1) is 11.9 Å². The summed E-state index contributed by atoms with van der Waals surface area (Å²) in [5.74, 6) is -0.150. The fourth-order valence-electron chi connectivity index (χ4n) is 4.18. The van der Waals surface area contributed by atoms with Gasteiger partial charge in [0.25, 0.3) is 5.91 Å². The van der Waals surface area contributed by atoms with E-state index >= 15 is 0 Å². The average molecular weight is 380 g/mol. The highest BCUT2D eigenvalue weighted by atomic mass is 79.9. The van der Waals surface area contributed by atoms with Gasteiger partial charge in [0.1, 0.15) is 5.54 Å². The molecule has 0 unspecified atom stereocenters. The summed E-state index contributed by atoms with van der Waals surface area (Å²) in [7, 11) is 0. The summed E-state index contributed by atoms with van der Waals surface area (Å²) in [5, 5.41) is 2.94. The molecule has 0 bridgehead atoms. The van der Waals surface area contributed by atoms with Crippen molar-refractivity contribution >= 4 is 33.6 Å². The first-order chi connectivity index (χ1) is 11.0. The Morgan fingerprint density at radius 1 is 1.26 bits per heavy atom. The van der Waals surface area contributed by atoms with Gasteiger partial charge in [0.2, 0.25) is 0 Å². The lowest BCUT2D eigenvalue weighted by Crippen LogP contribution is -2.63. The second-order valence-electron chi connectivity index (χ2n) is 6.88. The summed E-state index contributed by atoms with van der Waals surface area (Å²) >= 11 is 3.40. The van der Waals surface area contributed by atoms with Gasteiger partial charge >= 0.3 is 6.03 Å². The summed E-state index contributed by atoms with van der Waals surface area (Å²) in [4.78, 5) is 30.8. The Bertz CT molecular complexity index is 692. The molecule has 0 atom stereocenters. The minimum Gasteiger partial charge on any atom is -0.381 e. The third-order valence-electron chi connectivity index (χ3n) is 5.44. The largest absolute Gasteiger partial charge is 0.381 e. The van der Waals surface area contributed by atoms with Crippen LogP contribution < -0.4 is 10.2 Å². The fraction of sp³-hybridized carbons (Fsp3) is 0.562. The molecule has 7 heteroatoms. The minimum atomic E-state index is -0.733. The van der Waals surface area contributed by atoms with Crippen molar-refractivity contribution in [1.82, 2.24) is 10.3 Å². The number of rotatable bonds is 1. The number of carbonyl (C=O) groups is 2. The van der Waals surface area contributed by atoms with E-state index in [0.717, 1.165) is 36.1 Å². The van der Waals surface area contributed by atoms with E-state index in [2.05, 4.69) is 26.2 Å². The van der Waals surface area contributed by atoms with Gasteiger partial charge in [-0.3, -0.25) is 9.78 Å². The lowest BCUT2D eigenvalue weighted by molar-refractivity contribution is -0.137. The number of aromatic nitrogens is 1. The van der Waals surface area contributed by atoms with Crippen LogP contribution in [0.2, 0.25) is 0 Å². The number of imide groups is 1. The lowest BCUT2D eigenvalue weighted by atomic mass is 9.54. The predicted octanol–water partition coefficient (Wildman–Crippen LogP) is 2.54. The van der Waals surface area contributed by atoms with Crippen LogP contribution in [-0.2, 0) is 9.53 Å².